The van der Waals surface area contributed by atoms with E-state index in [-0.39, 0.29) is 17.7 Å². The molecule has 0 bridgehead atoms. The maximum absolute atomic E-state index is 12.3. The Hall–Kier alpha value is -1.98. The lowest BCUT2D eigenvalue weighted by Gasteiger charge is -2.25. The molecule has 1 heterocycles. The van der Waals surface area contributed by atoms with E-state index < -0.39 is 0 Å². The van der Waals surface area contributed by atoms with Crippen LogP contribution in [0.2, 0.25) is 0 Å². The van der Waals surface area contributed by atoms with Gasteiger partial charge in [-0.2, -0.15) is 0 Å². The highest BCUT2D eigenvalue weighted by atomic mass is 32.1. The molecule has 1 amide bonds. The van der Waals surface area contributed by atoms with Crippen LogP contribution in [0.5, 0.6) is 0 Å². The van der Waals surface area contributed by atoms with Crippen molar-refractivity contribution in [3.8, 4) is 0 Å². The zero-order chi connectivity index (χ0) is 17.0. The highest BCUT2D eigenvalue weighted by Gasteiger charge is 2.17. The van der Waals surface area contributed by atoms with Crippen molar-refractivity contribution in [2.24, 2.45) is 0 Å². The number of ketones is 1. The number of aryl methyl sites for hydroxylation is 1. The zero-order valence-corrected chi connectivity index (χ0v) is 14.7. The van der Waals surface area contributed by atoms with Crippen molar-refractivity contribution >= 4 is 23.0 Å². The molecule has 0 radical (unpaired) electrons. The molecular weight excluding hydrogens is 308 g/mol. The number of carbonyl (C=O) groups is 2. The van der Waals surface area contributed by atoms with Crippen LogP contribution in [0.25, 0.3) is 0 Å². The average Bonchev–Trinajstić information content (AvgIpc) is 2.97. The predicted octanol–water partition coefficient (Wildman–Crippen LogP) is 3.29. The van der Waals surface area contributed by atoms with Crippen molar-refractivity contribution in [3.05, 3.63) is 57.3 Å². The normalized spacial score (nSPS) is 12.2. The summed E-state index contributed by atoms with van der Waals surface area (Å²) in [5.74, 6) is -0.159. The molecule has 0 saturated heterocycles. The van der Waals surface area contributed by atoms with Crippen molar-refractivity contribution in [2.45, 2.75) is 19.9 Å². The van der Waals surface area contributed by atoms with Crippen LogP contribution in [-0.2, 0) is 0 Å². The largest absolute Gasteiger partial charge is 0.350 e. The van der Waals surface area contributed by atoms with Crippen LogP contribution in [0.3, 0.4) is 0 Å². The van der Waals surface area contributed by atoms with Crippen molar-refractivity contribution in [1.82, 2.24) is 10.2 Å². The topological polar surface area (TPSA) is 49.4 Å². The lowest BCUT2D eigenvalue weighted by Crippen LogP contribution is -2.34. The Bertz CT molecular complexity index is 707. The summed E-state index contributed by atoms with van der Waals surface area (Å²) < 4.78 is 0. The van der Waals surface area contributed by atoms with Crippen LogP contribution < -0.4 is 5.32 Å². The summed E-state index contributed by atoms with van der Waals surface area (Å²) in [5.41, 5.74) is 2.91. The molecular formula is C18H22N2O2S. The fraction of sp³-hybridized carbons (Fsp3) is 0.333. The molecule has 0 aliphatic carbocycles. The molecule has 0 aliphatic rings. The number of thiophene rings is 1. The van der Waals surface area contributed by atoms with E-state index >= 15 is 0 Å². The highest BCUT2D eigenvalue weighted by molar-refractivity contribution is 7.12. The standard InChI is InChI=1S/C18H22N2O2S/c1-12-6-5-7-14(8-12)16(20(3)4)10-19-18(22)15-9-17(13(2)21)23-11-15/h5-9,11,16H,10H2,1-4H3,(H,19,22)/t16-/m0/s1. The van der Waals surface area contributed by atoms with Crippen LogP contribution in [0.4, 0.5) is 0 Å². The van der Waals surface area contributed by atoms with Crippen LogP contribution in [0.1, 0.15) is 44.1 Å². The van der Waals surface area contributed by atoms with E-state index in [0.717, 1.165) is 0 Å². The molecule has 0 unspecified atom stereocenters. The second-order valence-electron chi connectivity index (χ2n) is 5.86. The third-order valence-electron chi connectivity index (χ3n) is 3.71. The van der Waals surface area contributed by atoms with Crippen LogP contribution in [0, 0.1) is 6.92 Å². The quantitative estimate of drug-likeness (QED) is 0.827. The van der Waals surface area contributed by atoms with E-state index in [1.54, 1.807) is 11.4 Å². The number of carbonyl (C=O) groups excluding carboxylic acids is 2. The first-order valence-corrected chi connectivity index (χ1v) is 8.37. The lowest BCUT2D eigenvalue weighted by atomic mass is 10.0. The third kappa shape index (κ3) is 4.50. The Balaban J connectivity index is 2.06. The average molecular weight is 330 g/mol. The van der Waals surface area contributed by atoms with E-state index in [1.165, 1.54) is 29.4 Å². The molecule has 2 aromatic rings. The summed E-state index contributed by atoms with van der Waals surface area (Å²) in [5, 5.41) is 4.69. The van der Waals surface area contributed by atoms with Gasteiger partial charge >= 0.3 is 0 Å². The summed E-state index contributed by atoms with van der Waals surface area (Å²) in [6.45, 7) is 4.08. The van der Waals surface area contributed by atoms with E-state index in [0.29, 0.717) is 17.0 Å². The Morgan fingerprint density at radius 2 is 2.00 bits per heavy atom. The summed E-state index contributed by atoms with van der Waals surface area (Å²) in [6.07, 6.45) is 0. The molecule has 1 atom stereocenters. The predicted molar refractivity (Wildman–Crippen MR) is 94.3 cm³/mol. The number of Topliss-reactive ketones (excluding diaryl/α,β-unsaturated/α-hetero) is 1. The van der Waals surface area contributed by atoms with Gasteiger partial charge in [0.05, 0.1) is 16.5 Å². The minimum Gasteiger partial charge on any atom is -0.350 e. The first kappa shape index (κ1) is 17.4. The number of rotatable bonds is 6. The maximum Gasteiger partial charge on any atom is 0.252 e. The monoisotopic (exact) mass is 330 g/mol. The zero-order valence-electron chi connectivity index (χ0n) is 13.9. The second kappa shape index (κ2) is 7.53. The maximum atomic E-state index is 12.3. The molecule has 23 heavy (non-hydrogen) atoms. The van der Waals surface area contributed by atoms with Gasteiger partial charge in [-0.05, 0) is 39.6 Å². The fourth-order valence-corrected chi connectivity index (χ4v) is 3.20. The smallest absolute Gasteiger partial charge is 0.252 e. The van der Waals surface area contributed by atoms with Crippen molar-refractivity contribution in [1.29, 1.82) is 0 Å². The van der Waals surface area contributed by atoms with Gasteiger partial charge in [0.2, 0.25) is 0 Å². The number of nitrogens with one attached hydrogen (secondary N) is 1. The number of hydrogen-bond acceptors (Lipinski definition) is 4. The molecule has 5 heteroatoms. The SMILES string of the molecule is CC(=O)c1cc(C(=O)NC[C@@H](c2cccc(C)c2)N(C)C)cs1. The van der Waals surface area contributed by atoms with Gasteiger partial charge in [-0.3, -0.25) is 9.59 Å². The first-order chi connectivity index (χ1) is 10.9. The van der Waals surface area contributed by atoms with Crippen LogP contribution in [0.15, 0.2) is 35.7 Å². The fourth-order valence-electron chi connectivity index (χ4n) is 2.41. The molecule has 1 N–H and O–H groups in total. The van der Waals surface area contributed by atoms with Gasteiger partial charge in [0.1, 0.15) is 0 Å². The number of amides is 1. The Morgan fingerprint density at radius 3 is 2.57 bits per heavy atom. The molecule has 0 spiro atoms. The third-order valence-corrected chi connectivity index (χ3v) is 4.75. The van der Waals surface area contributed by atoms with E-state index in [9.17, 15) is 9.59 Å². The molecule has 0 aliphatic heterocycles. The van der Waals surface area contributed by atoms with E-state index in [1.807, 2.05) is 20.2 Å². The number of benzene rings is 1. The first-order valence-electron chi connectivity index (χ1n) is 7.49. The van der Waals surface area contributed by atoms with Gasteiger partial charge in [0.25, 0.3) is 5.91 Å². The number of nitrogens with zero attached hydrogens (tertiary/aromatic N) is 1. The van der Waals surface area contributed by atoms with Crippen molar-refractivity contribution < 1.29 is 9.59 Å². The Labute approximate surface area is 141 Å². The van der Waals surface area contributed by atoms with Gasteiger partial charge in [-0.25, -0.2) is 0 Å². The molecule has 2 rings (SSSR count). The Kier molecular flexibility index (Phi) is 5.69. The summed E-state index contributed by atoms with van der Waals surface area (Å²) in [7, 11) is 4.00. The number of likely N-dealkylation sites (N-methyl/N-ethyl adjacent to an activating group) is 1. The molecule has 4 nitrogen and oxygen atoms in total. The minimum atomic E-state index is -0.145. The Morgan fingerprint density at radius 1 is 1.26 bits per heavy atom. The van der Waals surface area contributed by atoms with E-state index in [4.69, 9.17) is 0 Å². The second-order valence-corrected chi connectivity index (χ2v) is 6.77. The summed E-state index contributed by atoms with van der Waals surface area (Å²) >= 11 is 1.30. The van der Waals surface area contributed by atoms with Crippen LogP contribution in [-0.4, -0.2) is 37.2 Å². The van der Waals surface area contributed by atoms with Gasteiger partial charge in [0, 0.05) is 11.9 Å². The van der Waals surface area contributed by atoms with Gasteiger partial charge in [-0.1, -0.05) is 29.8 Å². The number of hydrogen-bond donors (Lipinski definition) is 1. The summed E-state index contributed by atoms with van der Waals surface area (Å²) in [6, 6.07) is 10.0. The van der Waals surface area contributed by atoms with Crippen molar-refractivity contribution in [2.75, 3.05) is 20.6 Å². The molecule has 0 saturated carbocycles. The minimum absolute atomic E-state index is 0.0139. The van der Waals surface area contributed by atoms with Crippen molar-refractivity contribution in [3.63, 3.8) is 0 Å². The van der Waals surface area contributed by atoms with Gasteiger partial charge < -0.3 is 10.2 Å². The molecule has 1 aromatic carbocycles. The van der Waals surface area contributed by atoms with Crippen LogP contribution >= 0.6 is 11.3 Å². The lowest BCUT2D eigenvalue weighted by molar-refractivity contribution is 0.0942. The molecule has 122 valence electrons. The van der Waals surface area contributed by atoms with E-state index in [2.05, 4.69) is 35.3 Å². The van der Waals surface area contributed by atoms with Gasteiger partial charge in [-0.15, -0.1) is 11.3 Å². The summed E-state index contributed by atoms with van der Waals surface area (Å²) in [4.78, 5) is 26.3. The molecule has 1 aromatic heterocycles. The molecule has 0 fully saturated rings. The van der Waals surface area contributed by atoms with Gasteiger partial charge in [0.15, 0.2) is 5.78 Å². The highest BCUT2D eigenvalue weighted by Crippen LogP contribution is 2.19.